The molecule has 0 radical (unpaired) electrons. The van der Waals surface area contributed by atoms with E-state index in [1.807, 2.05) is 37.4 Å². The van der Waals surface area contributed by atoms with E-state index in [0.29, 0.717) is 11.6 Å². The first-order chi connectivity index (χ1) is 13.7. The molecular formula is C20H24ClN7. The highest BCUT2D eigenvalue weighted by Gasteiger charge is 2.25. The Labute approximate surface area is 169 Å². The number of hydrogen-bond donors (Lipinski definition) is 2. The van der Waals surface area contributed by atoms with Crippen LogP contribution < -0.4 is 15.5 Å². The third-order valence-electron chi connectivity index (χ3n) is 5.09. The molecule has 0 spiro atoms. The van der Waals surface area contributed by atoms with Crippen LogP contribution in [-0.4, -0.2) is 46.7 Å². The van der Waals surface area contributed by atoms with E-state index in [-0.39, 0.29) is 6.04 Å². The van der Waals surface area contributed by atoms with E-state index in [1.165, 1.54) is 0 Å². The van der Waals surface area contributed by atoms with Gasteiger partial charge in [-0.25, -0.2) is 9.97 Å². The lowest BCUT2D eigenvalue weighted by Crippen LogP contribution is -2.44. The molecule has 8 heteroatoms. The van der Waals surface area contributed by atoms with E-state index < -0.39 is 0 Å². The van der Waals surface area contributed by atoms with Crippen molar-refractivity contribution in [3.63, 3.8) is 0 Å². The van der Waals surface area contributed by atoms with Gasteiger partial charge >= 0.3 is 0 Å². The van der Waals surface area contributed by atoms with Gasteiger partial charge in [0.1, 0.15) is 11.6 Å². The molecule has 0 saturated carbocycles. The smallest absolute Gasteiger partial charge is 0.191 e. The van der Waals surface area contributed by atoms with Crippen LogP contribution >= 0.6 is 11.6 Å². The Hall–Kier alpha value is -2.80. The first kappa shape index (κ1) is 18.6. The summed E-state index contributed by atoms with van der Waals surface area (Å²) in [5.74, 6) is 2.58. The molecule has 1 fully saturated rings. The largest absolute Gasteiger partial charge is 0.353 e. The molecule has 1 aromatic carbocycles. The molecule has 2 N–H and O–H groups in total. The number of hydrogen-bond acceptors (Lipinski definition) is 4. The Bertz CT molecular complexity index is 997. The number of fused-ring (bicyclic) bond motifs is 1. The fraction of sp³-hybridized carbons (Fsp3) is 0.350. The van der Waals surface area contributed by atoms with Gasteiger partial charge in [-0.3, -0.25) is 4.99 Å². The second kappa shape index (κ2) is 8.06. The Morgan fingerprint density at radius 3 is 2.93 bits per heavy atom. The van der Waals surface area contributed by atoms with Crippen LogP contribution in [0.2, 0.25) is 5.02 Å². The molecule has 1 unspecified atom stereocenters. The van der Waals surface area contributed by atoms with Crippen molar-refractivity contribution >= 4 is 34.4 Å². The fourth-order valence-corrected chi connectivity index (χ4v) is 3.83. The monoisotopic (exact) mass is 397 g/mol. The van der Waals surface area contributed by atoms with E-state index in [2.05, 4.69) is 36.1 Å². The van der Waals surface area contributed by atoms with Gasteiger partial charge in [-0.15, -0.1) is 0 Å². The van der Waals surface area contributed by atoms with Crippen molar-refractivity contribution in [2.45, 2.75) is 19.0 Å². The quantitative estimate of drug-likeness (QED) is 0.523. The lowest BCUT2D eigenvalue weighted by molar-refractivity contribution is 0.641. The van der Waals surface area contributed by atoms with E-state index in [1.54, 1.807) is 13.2 Å². The standard InChI is InChI=1S/C20H24ClN7/c1-22-20(24-12-18-26-16-7-3-4-8-17(16)27(18)2)25-14-9-11-28(13-14)19-15(21)6-5-10-23-19/h3-8,10,14H,9,11-13H2,1-2H3,(H2,22,24,25). The van der Waals surface area contributed by atoms with Crippen LogP contribution in [0.3, 0.4) is 0 Å². The second-order valence-corrected chi connectivity index (χ2v) is 7.29. The number of anilines is 1. The van der Waals surface area contributed by atoms with Crippen molar-refractivity contribution in [3.05, 3.63) is 53.4 Å². The van der Waals surface area contributed by atoms with Crippen molar-refractivity contribution in [2.75, 3.05) is 25.0 Å². The van der Waals surface area contributed by atoms with Gasteiger partial charge in [0.15, 0.2) is 5.96 Å². The van der Waals surface area contributed by atoms with Crippen molar-refractivity contribution in [1.82, 2.24) is 25.2 Å². The molecule has 3 heterocycles. The number of rotatable bonds is 4. The van der Waals surface area contributed by atoms with Gasteiger partial charge in [0.05, 0.1) is 22.6 Å². The average molecular weight is 398 g/mol. The van der Waals surface area contributed by atoms with Crippen LogP contribution in [0.5, 0.6) is 0 Å². The van der Waals surface area contributed by atoms with Crippen molar-refractivity contribution in [1.29, 1.82) is 0 Å². The van der Waals surface area contributed by atoms with Gasteiger partial charge < -0.3 is 20.1 Å². The lowest BCUT2D eigenvalue weighted by Gasteiger charge is -2.20. The summed E-state index contributed by atoms with van der Waals surface area (Å²) in [7, 11) is 3.82. The van der Waals surface area contributed by atoms with Gasteiger partial charge in [-0.05, 0) is 30.7 Å². The van der Waals surface area contributed by atoms with Crippen LogP contribution in [0.15, 0.2) is 47.6 Å². The Kier molecular flexibility index (Phi) is 5.34. The van der Waals surface area contributed by atoms with E-state index in [4.69, 9.17) is 16.6 Å². The first-order valence-corrected chi connectivity index (χ1v) is 9.76. The molecule has 28 heavy (non-hydrogen) atoms. The number of nitrogens with zero attached hydrogens (tertiary/aromatic N) is 5. The topological polar surface area (TPSA) is 70.4 Å². The number of aryl methyl sites for hydroxylation is 1. The predicted molar refractivity (Wildman–Crippen MR) is 114 cm³/mol. The molecule has 1 saturated heterocycles. The fourth-order valence-electron chi connectivity index (χ4n) is 3.58. The number of imidazole rings is 1. The Morgan fingerprint density at radius 1 is 1.29 bits per heavy atom. The highest BCUT2D eigenvalue weighted by molar-refractivity contribution is 6.32. The summed E-state index contributed by atoms with van der Waals surface area (Å²) >= 11 is 6.28. The number of benzene rings is 1. The molecule has 1 aliphatic heterocycles. The molecule has 146 valence electrons. The summed E-state index contributed by atoms with van der Waals surface area (Å²) in [5.41, 5.74) is 2.13. The van der Waals surface area contributed by atoms with Crippen molar-refractivity contribution in [3.8, 4) is 0 Å². The van der Waals surface area contributed by atoms with Crippen LogP contribution in [0, 0.1) is 0 Å². The molecule has 7 nitrogen and oxygen atoms in total. The highest BCUT2D eigenvalue weighted by atomic mass is 35.5. The van der Waals surface area contributed by atoms with Crippen molar-refractivity contribution < 1.29 is 0 Å². The molecule has 0 amide bonds. The minimum Gasteiger partial charge on any atom is -0.353 e. The molecule has 2 aromatic heterocycles. The second-order valence-electron chi connectivity index (χ2n) is 6.89. The molecule has 3 aromatic rings. The lowest BCUT2D eigenvalue weighted by atomic mass is 10.3. The maximum atomic E-state index is 6.28. The van der Waals surface area contributed by atoms with E-state index in [0.717, 1.165) is 48.1 Å². The number of nitrogens with one attached hydrogen (secondary N) is 2. The number of aromatic nitrogens is 3. The van der Waals surface area contributed by atoms with Gasteiger partial charge in [-0.1, -0.05) is 23.7 Å². The summed E-state index contributed by atoms with van der Waals surface area (Å²) in [6, 6.07) is 12.2. The summed E-state index contributed by atoms with van der Waals surface area (Å²) in [6.07, 6.45) is 2.78. The number of pyridine rings is 1. The van der Waals surface area contributed by atoms with Gasteiger partial charge in [-0.2, -0.15) is 0 Å². The van der Waals surface area contributed by atoms with Gasteiger partial charge in [0.25, 0.3) is 0 Å². The number of guanidine groups is 1. The van der Waals surface area contributed by atoms with Crippen LogP contribution in [0.4, 0.5) is 5.82 Å². The molecule has 0 bridgehead atoms. The van der Waals surface area contributed by atoms with Crippen LogP contribution in [0.25, 0.3) is 11.0 Å². The normalized spacial score (nSPS) is 17.3. The summed E-state index contributed by atoms with van der Waals surface area (Å²) in [4.78, 5) is 15.7. The first-order valence-electron chi connectivity index (χ1n) is 9.38. The minimum atomic E-state index is 0.282. The van der Waals surface area contributed by atoms with E-state index >= 15 is 0 Å². The molecule has 4 rings (SSSR count). The summed E-state index contributed by atoms with van der Waals surface area (Å²) in [5, 5.41) is 7.56. The van der Waals surface area contributed by atoms with Gasteiger partial charge in [0, 0.05) is 39.4 Å². The molecular weight excluding hydrogens is 374 g/mol. The molecule has 0 aliphatic carbocycles. The van der Waals surface area contributed by atoms with E-state index in [9.17, 15) is 0 Å². The van der Waals surface area contributed by atoms with Gasteiger partial charge in [0.2, 0.25) is 0 Å². The summed E-state index contributed by atoms with van der Waals surface area (Å²) in [6.45, 7) is 2.35. The minimum absolute atomic E-state index is 0.282. The number of para-hydroxylation sites is 2. The highest BCUT2D eigenvalue weighted by Crippen LogP contribution is 2.25. The Morgan fingerprint density at radius 2 is 2.14 bits per heavy atom. The molecule has 1 aliphatic rings. The third kappa shape index (κ3) is 3.75. The zero-order valence-corrected chi connectivity index (χ0v) is 16.8. The third-order valence-corrected chi connectivity index (χ3v) is 5.38. The SMILES string of the molecule is CN=C(NCc1nc2ccccc2n1C)NC1CCN(c2ncccc2Cl)C1. The van der Waals surface area contributed by atoms with Crippen molar-refractivity contribution in [2.24, 2.45) is 12.0 Å². The zero-order valence-electron chi connectivity index (χ0n) is 16.1. The van der Waals surface area contributed by atoms with Crippen LogP contribution in [0.1, 0.15) is 12.2 Å². The average Bonchev–Trinajstić information content (AvgIpc) is 3.30. The predicted octanol–water partition coefficient (Wildman–Crippen LogP) is 2.57. The molecule has 1 atom stereocenters. The van der Waals surface area contributed by atoms with Crippen LogP contribution in [-0.2, 0) is 13.6 Å². The maximum absolute atomic E-state index is 6.28. The zero-order chi connectivity index (χ0) is 19.5. The summed E-state index contributed by atoms with van der Waals surface area (Å²) < 4.78 is 2.11. The number of halogens is 1. The Balaban J connectivity index is 1.36. The number of aliphatic imine (C=N–C) groups is 1. The maximum Gasteiger partial charge on any atom is 0.191 e.